The van der Waals surface area contributed by atoms with Gasteiger partial charge >= 0.3 is 0 Å². The SMILES string of the molecule is O=C(Nc1ccc(I)cn1)c1ccc[nH]1. The highest BCUT2D eigenvalue weighted by atomic mass is 127. The number of pyridine rings is 1. The van der Waals surface area contributed by atoms with Crippen molar-refractivity contribution >= 4 is 34.3 Å². The Balaban J connectivity index is 2.09. The maximum Gasteiger partial charge on any atom is 0.273 e. The van der Waals surface area contributed by atoms with E-state index in [-0.39, 0.29) is 5.91 Å². The van der Waals surface area contributed by atoms with Crippen molar-refractivity contribution in [1.82, 2.24) is 9.97 Å². The van der Waals surface area contributed by atoms with Crippen molar-refractivity contribution in [2.45, 2.75) is 0 Å². The van der Waals surface area contributed by atoms with E-state index < -0.39 is 0 Å². The van der Waals surface area contributed by atoms with Gasteiger partial charge in [0.25, 0.3) is 5.91 Å². The first-order valence-corrected chi connectivity index (χ1v) is 5.40. The second-order valence-electron chi connectivity index (χ2n) is 2.90. The van der Waals surface area contributed by atoms with Gasteiger partial charge < -0.3 is 10.3 Å². The Morgan fingerprint density at radius 2 is 2.27 bits per heavy atom. The highest BCUT2D eigenvalue weighted by Crippen LogP contribution is 2.08. The Labute approximate surface area is 100 Å². The first-order valence-electron chi connectivity index (χ1n) is 4.32. The lowest BCUT2D eigenvalue weighted by Gasteiger charge is -2.02. The number of nitrogens with one attached hydrogen (secondary N) is 2. The zero-order valence-electron chi connectivity index (χ0n) is 7.70. The van der Waals surface area contributed by atoms with Gasteiger partial charge in [-0.3, -0.25) is 4.79 Å². The van der Waals surface area contributed by atoms with Crippen molar-refractivity contribution < 1.29 is 4.79 Å². The van der Waals surface area contributed by atoms with Crippen LogP contribution in [-0.2, 0) is 0 Å². The number of anilines is 1. The molecule has 0 fully saturated rings. The van der Waals surface area contributed by atoms with Crippen LogP contribution in [0.25, 0.3) is 0 Å². The molecule has 0 spiro atoms. The highest BCUT2D eigenvalue weighted by Gasteiger charge is 2.06. The minimum Gasteiger partial charge on any atom is -0.357 e. The summed E-state index contributed by atoms with van der Waals surface area (Å²) in [6.07, 6.45) is 3.40. The fraction of sp³-hybridized carbons (Fsp3) is 0. The van der Waals surface area contributed by atoms with Crippen LogP contribution in [0.2, 0.25) is 0 Å². The first-order chi connectivity index (χ1) is 7.25. The van der Waals surface area contributed by atoms with Crippen molar-refractivity contribution in [3.8, 4) is 0 Å². The number of carbonyl (C=O) groups excluding carboxylic acids is 1. The summed E-state index contributed by atoms with van der Waals surface area (Å²) in [6.45, 7) is 0. The summed E-state index contributed by atoms with van der Waals surface area (Å²) in [5.41, 5.74) is 0.523. The predicted octanol–water partition coefficient (Wildman–Crippen LogP) is 2.27. The van der Waals surface area contributed by atoms with E-state index in [1.54, 1.807) is 30.6 Å². The van der Waals surface area contributed by atoms with E-state index in [9.17, 15) is 4.79 Å². The monoisotopic (exact) mass is 313 g/mol. The Morgan fingerprint density at radius 1 is 1.40 bits per heavy atom. The lowest BCUT2D eigenvalue weighted by molar-refractivity contribution is 0.102. The standard InChI is InChI=1S/C10H8IN3O/c11-7-3-4-9(13-6-7)14-10(15)8-2-1-5-12-8/h1-6,12H,(H,13,14,15). The first kappa shape index (κ1) is 10.2. The van der Waals surface area contributed by atoms with Crippen molar-refractivity contribution in [1.29, 1.82) is 0 Å². The molecular formula is C10H8IN3O. The third-order valence-electron chi connectivity index (χ3n) is 1.81. The van der Waals surface area contributed by atoms with Gasteiger partial charge in [-0.15, -0.1) is 0 Å². The maximum absolute atomic E-state index is 11.6. The third kappa shape index (κ3) is 2.56. The van der Waals surface area contributed by atoms with E-state index in [2.05, 4.69) is 37.9 Å². The molecule has 0 saturated carbocycles. The van der Waals surface area contributed by atoms with Crippen LogP contribution in [-0.4, -0.2) is 15.9 Å². The van der Waals surface area contributed by atoms with Crippen LogP contribution >= 0.6 is 22.6 Å². The quantitative estimate of drug-likeness (QED) is 0.836. The van der Waals surface area contributed by atoms with E-state index in [1.165, 1.54) is 0 Å². The molecule has 2 aromatic heterocycles. The van der Waals surface area contributed by atoms with Gasteiger partial charge in [0.2, 0.25) is 0 Å². The second kappa shape index (κ2) is 4.43. The van der Waals surface area contributed by atoms with Crippen LogP contribution in [0, 0.1) is 3.57 Å². The van der Waals surface area contributed by atoms with Gasteiger partial charge in [-0.2, -0.15) is 0 Å². The summed E-state index contributed by atoms with van der Waals surface area (Å²) in [5, 5.41) is 2.69. The van der Waals surface area contributed by atoms with E-state index in [0.29, 0.717) is 11.5 Å². The molecule has 0 unspecified atom stereocenters. The largest absolute Gasteiger partial charge is 0.357 e. The van der Waals surface area contributed by atoms with Crippen LogP contribution in [0.5, 0.6) is 0 Å². The summed E-state index contributed by atoms with van der Waals surface area (Å²) in [5.74, 6) is 0.365. The Morgan fingerprint density at radius 3 is 2.87 bits per heavy atom. The van der Waals surface area contributed by atoms with Crippen molar-refractivity contribution in [2.75, 3.05) is 5.32 Å². The molecule has 2 rings (SSSR count). The van der Waals surface area contributed by atoms with Gasteiger partial charge in [0.15, 0.2) is 0 Å². The molecule has 2 heterocycles. The van der Waals surface area contributed by atoms with Gasteiger partial charge in [0.05, 0.1) is 0 Å². The molecule has 0 aliphatic rings. The van der Waals surface area contributed by atoms with Crippen LogP contribution in [0.15, 0.2) is 36.7 Å². The Bertz CT molecular complexity index is 450. The number of carbonyl (C=O) groups is 1. The highest BCUT2D eigenvalue weighted by molar-refractivity contribution is 14.1. The van der Waals surface area contributed by atoms with Crippen molar-refractivity contribution in [3.63, 3.8) is 0 Å². The number of aromatic amines is 1. The summed E-state index contributed by atoms with van der Waals surface area (Å²) < 4.78 is 1.03. The van der Waals surface area contributed by atoms with E-state index in [4.69, 9.17) is 0 Å². The fourth-order valence-electron chi connectivity index (χ4n) is 1.10. The number of hydrogen-bond acceptors (Lipinski definition) is 2. The average Bonchev–Trinajstić information content (AvgIpc) is 2.74. The molecule has 5 heteroatoms. The molecule has 76 valence electrons. The van der Waals surface area contributed by atoms with Crippen molar-refractivity contribution in [2.24, 2.45) is 0 Å². The van der Waals surface area contributed by atoms with Gasteiger partial charge in [-0.25, -0.2) is 4.98 Å². The summed E-state index contributed by atoms with van der Waals surface area (Å²) >= 11 is 2.16. The van der Waals surface area contributed by atoms with Gasteiger partial charge in [-0.1, -0.05) is 0 Å². The molecule has 0 aliphatic carbocycles. The smallest absolute Gasteiger partial charge is 0.273 e. The van der Waals surface area contributed by atoms with Crippen LogP contribution in [0.4, 0.5) is 5.82 Å². The topological polar surface area (TPSA) is 57.8 Å². The predicted molar refractivity (Wildman–Crippen MR) is 65.7 cm³/mol. The second-order valence-corrected chi connectivity index (χ2v) is 4.15. The molecule has 0 atom stereocenters. The van der Waals surface area contributed by atoms with Crippen LogP contribution in [0.3, 0.4) is 0 Å². The van der Waals surface area contributed by atoms with E-state index in [1.807, 2.05) is 6.07 Å². The number of hydrogen-bond donors (Lipinski definition) is 2. The number of halogens is 1. The summed E-state index contributed by atoms with van der Waals surface area (Å²) in [6, 6.07) is 7.14. The van der Waals surface area contributed by atoms with E-state index in [0.717, 1.165) is 3.57 Å². The molecule has 15 heavy (non-hydrogen) atoms. The van der Waals surface area contributed by atoms with E-state index >= 15 is 0 Å². The molecule has 1 amide bonds. The number of rotatable bonds is 2. The third-order valence-corrected chi connectivity index (χ3v) is 2.45. The Hall–Kier alpha value is -1.37. The molecule has 2 aromatic rings. The number of amides is 1. The number of nitrogens with zero attached hydrogens (tertiary/aromatic N) is 1. The fourth-order valence-corrected chi connectivity index (χ4v) is 1.42. The normalized spacial score (nSPS) is 9.93. The molecule has 0 aliphatic heterocycles. The molecule has 0 radical (unpaired) electrons. The van der Waals surface area contributed by atoms with Crippen molar-refractivity contribution in [3.05, 3.63) is 45.9 Å². The summed E-state index contributed by atoms with van der Waals surface area (Å²) in [7, 11) is 0. The molecule has 2 N–H and O–H groups in total. The lowest BCUT2D eigenvalue weighted by atomic mass is 10.4. The molecule has 0 bridgehead atoms. The zero-order chi connectivity index (χ0) is 10.7. The van der Waals surface area contributed by atoms with Gasteiger partial charge in [-0.05, 0) is 46.9 Å². The minimum absolute atomic E-state index is 0.186. The zero-order valence-corrected chi connectivity index (χ0v) is 9.86. The maximum atomic E-state index is 11.6. The molecule has 0 aromatic carbocycles. The minimum atomic E-state index is -0.186. The lowest BCUT2D eigenvalue weighted by Crippen LogP contribution is -2.13. The number of aromatic nitrogens is 2. The van der Waals surface area contributed by atoms with Gasteiger partial charge in [0, 0.05) is 16.0 Å². The molecule has 0 saturated heterocycles. The average molecular weight is 313 g/mol. The molecule has 4 nitrogen and oxygen atoms in total. The summed E-state index contributed by atoms with van der Waals surface area (Å²) in [4.78, 5) is 18.5. The van der Waals surface area contributed by atoms with Gasteiger partial charge in [0.1, 0.15) is 11.5 Å². The van der Waals surface area contributed by atoms with Crippen LogP contribution in [0.1, 0.15) is 10.5 Å². The number of H-pyrrole nitrogens is 1. The Kier molecular flexibility index (Phi) is 3.00. The van der Waals surface area contributed by atoms with Crippen LogP contribution < -0.4 is 5.32 Å². The molecular weight excluding hydrogens is 305 g/mol.